The van der Waals surface area contributed by atoms with Crippen LogP contribution in [0.25, 0.3) is 0 Å². The van der Waals surface area contributed by atoms with Gasteiger partial charge in [-0.2, -0.15) is 0 Å². The molecule has 2 aromatic rings. The summed E-state index contributed by atoms with van der Waals surface area (Å²) in [6.45, 7) is 2.06. The number of phenolic OH excluding ortho intramolecular Hbond substituents is 1. The van der Waals surface area contributed by atoms with Crippen LogP contribution in [0.3, 0.4) is 0 Å². The summed E-state index contributed by atoms with van der Waals surface area (Å²) in [7, 11) is 0. The number of likely N-dealkylation sites (tertiary alicyclic amines) is 1. The Balaban J connectivity index is 0.00000196. The quantitative estimate of drug-likeness (QED) is 0.529. The number of Topliss-reactive ketones (excluding diaryl/α,β-unsaturated/α-hetero) is 1. The van der Waals surface area contributed by atoms with E-state index in [0.717, 1.165) is 48.5 Å². The number of ketones is 1. The lowest BCUT2D eigenvalue weighted by Gasteiger charge is -2.61. The van der Waals surface area contributed by atoms with E-state index >= 15 is 0 Å². The molecule has 0 aromatic heterocycles. The monoisotopic (exact) mass is 453 g/mol. The molecule has 1 spiro atoms. The summed E-state index contributed by atoms with van der Waals surface area (Å²) in [5.74, 6) is 0.955. The van der Waals surface area contributed by atoms with Crippen molar-refractivity contribution in [3.8, 4) is 11.5 Å². The number of carbonyl (C=O) groups excluding carboxylic acids is 1. The highest BCUT2D eigenvalue weighted by atomic mass is 35.5. The highest BCUT2D eigenvalue weighted by molar-refractivity contribution is 5.95. The Morgan fingerprint density at radius 1 is 1.12 bits per heavy atom. The van der Waals surface area contributed by atoms with E-state index in [1.807, 2.05) is 36.4 Å². The van der Waals surface area contributed by atoms with Crippen LogP contribution in [0.4, 0.5) is 0 Å². The number of ether oxygens (including phenoxy) is 1. The van der Waals surface area contributed by atoms with Crippen LogP contribution in [0.2, 0.25) is 0 Å². The first-order chi connectivity index (χ1) is 15.0. The summed E-state index contributed by atoms with van der Waals surface area (Å²) in [4.78, 5) is 15.3. The Hall–Kier alpha value is -2.08. The molecule has 1 unspecified atom stereocenters. The van der Waals surface area contributed by atoms with Crippen LogP contribution in [0.5, 0.6) is 11.5 Å². The number of benzene rings is 2. The standard InChI is InChI=1S/C26H27NO4.ClH/c28-19-9-8-17-12-20-26(30)13-18(16-4-2-1-3-5-16)22(29)24-25(26,21(17)23(19)31-24)10-11-27(20)14-15-6-7-15;/h1-5,8-9,15,18,20,24,28,30H,6-7,10-14H2;1H/t18-,20-,24+,25+,26-;/m1./s1. The number of rotatable bonds is 3. The molecule has 2 saturated carbocycles. The van der Waals surface area contributed by atoms with Gasteiger partial charge in [0.05, 0.1) is 18.5 Å². The molecule has 2 heterocycles. The zero-order valence-electron chi connectivity index (χ0n) is 17.9. The van der Waals surface area contributed by atoms with Crippen LogP contribution >= 0.6 is 0 Å². The Kier molecular flexibility index (Phi) is 4.31. The molecule has 6 heteroatoms. The molecule has 7 rings (SSSR count). The summed E-state index contributed by atoms with van der Waals surface area (Å²) in [5.41, 5.74) is 1.24. The molecule has 3 N–H and O–H groups in total. The molecule has 5 nitrogen and oxygen atoms in total. The minimum atomic E-state index is -1.03. The third kappa shape index (κ3) is 2.39. The molecule has 3 aliphatic carbocycles. The Bertz CT molecular complexity index is 1100. The van der Waals surface area contributed by atoms with Gasteiger partial charge >= 0.3 is 0 Å². The number of quaternary nitrogens is 1. The first-order valence-corrected chi connectivity index (χ1v) is 11.7. The van der Waals surface area contributed by atoms with Crippen molar-refractivity contribution in [1.29, 1.82) is 0 Å². The predicted octanol–water partition coefficient (Wildman–Crippen LogP) is -1.49. The van der Waals surface area contributed by atoms with Crippen molar-refractivity contribution in [2.45, 2.75) is 61.2 Å². The number of piperidine rings is 1. The maximum absolute atomic E-state index is 13.9. The van der Waals surface area contributed by atoms with E-state index in [1.54, 1.807) is 6.07 Å². The molecule has 0 radical (unpaired) electrons. The maximum atomic E-state index is 13.9. The van der Waals surface area contributed by atoms with Crippen molar-refractivity contribution >= 4 is 5.78 Å². The third-order valence-electron chi connectivity index (χ3n) is 9.03. The van der Waals surface area contributed by atoms with E-state index in [9.17, 15) is 15.0 Å². The number of phenols is 1. The van der Waals surface area contributed by atoms with Gasteiger partial charge in [0.1, 0.15) is 11.6 Å². The predicted molar refractivity (Wildman–Crippen MR) is 113 cm³/mol. The number of halogens is 1. The molecule has 2 aliphatic heterocycles. The fourth-order valence-corrected chi connectivity index (χ4v) is 7.49. The fraction of sp³-hybridized carbons (Fsp3) is 0.500. The van der Waals surface area contributed by atoms with Crippen molar-refractivity contribution in [2.75, 3.05) is 13.1 Å². The fourth-order valence-electron chi connectivity index (χ4n) is 7.49. The maximum Gasteiger partial charge on any atom is 0.181 e. The lowest BCUT2D eigenvalue weighted by atomic mass is 9.47. The molecule has 2 aromatic carbocycles. The number of aliphatic hydroxyl groups is 1. The molecule has 0 amide bonds. The topological polar surface area (TPSA) is 71.2 Å². The molecule has 6 atom stereocenters. The molecular formula is C26H28ClNO4. The molecule has 2 bridgehead atoms. The van der Waals surface area contributed by atoms with Crippen LogP contribution in [-0.2, 0) is 16.6 Å². The van der Waals surface area contributed by atoms with Crippen molar-refractivity contribution in [2.24, 2.45) is 5.92 Å². The first kappa shape index (κ1) is 20.5. The zero-order chi connectivity index (χ0) is 21.0. The Morgan fingerprint density at radius 3 is 2.66 bits per heavy atom. The molecule has 32 heavy (non-hydrogen) atoms. The SMILES string of the molecule is O=C1[C@@H](c2ccccc2)C[C@@]2(O)[C@H]3Cc4ccc(O)c5c4[C@@]2(CC[NH+]3CC2CC2)[C@H]1O5.[Cl-]. The average molecular weight is 454 g/mol. The van der Waals surface area contributed by atoms with Crippen molar-refractivity contribution in [1.82, 2.24) is 0 Å². The van der Waals surface area contributed by atoms with Crippen molar-refractivity contribution in [3.63, 3.8) is 0 Å². The van der Waals surface area contributed by atoms with Gasteiger partial charge in [0.25, 0.3) is 0 Å². The van der Waals surface area contributed by atoms with E-state index in [2.05, 4.69) is 0 Å². The second-order valence-electron chi connectivity index (χ2n) is 10.5. The largest absolute Gasteiger partial charge is 1.00 e. The smallest absolute Gasteiger partial charge is 0.181 e. The first-order valence-electron chi connectivity index (χ1n) is 11.7. The molecule has 1 saturated heterocycles. The van der Waals surface area contributed by atoms with Gasteiger partial charge in [0.15, 0.2) is 23.4 Å². The van der Waals surface area contributed by atoms with Gasteiger partial charge < -0.3 is 32.3 Å². The van der Waals surface area contributed by atoms with Gasteiger partial charge in [-0.3, -0.25) is 4.79 Å². The van der Waals surface area contributed by atoms with Gasteiger partial charge in [-0.05, 0) is 36.5 Å². The summed E-state index contributed by atoms with van der Waals surface area (Å²) in [5, 5.41) is 23.2. The van der Waals surface area contributed by atoms with Gasteiger partial charge in [0.2, 0.25) is 0 Å². The third-order valence-corrected chi connectivity index (χ3v) is 9.03. The van der Waals surface area contributed by atoms with E-state index in [-0.39, 0.29) is 35.9 Å². The van der Waals surface area contributed by atoms with Crippen molar-refractivity contribution in [3.05, 3.63) is 59.2 Å². The van der Waals surface area contributed by atoms with E-state index in [1.165, 1.54) is 17.7 Å². The van der Waals surface area contributed by atoms with Gasteiger partial charge in [-0.25, -0.2) is 0 Å². The van der Waals surface area contributed by atoms with Crippen LogP contribution < -0.4 is 22.0 Å². The Labute approximate surface area is 193 Å². The summed E-state index contributed by atoms with van der Waals surface area (Å²) in [6.07, 6.45) is 3.79. The lowest BCUT2D eigenvalue weighted by molar-refractivity contribution is -0.943. The molecule has 168 valence electrons. The second kappa shape index (κ2) is 6.72. The van der Waals surface area contributed by atoms with Crippen LogP contribution in [-0.4, -0.2) is 46.8 Å². The summed E-state index contributed by atoms with van der Waals surface area (Å²) < 4.78 is 6.30. The second-order valence-corrected chi connectivity index (χ2v) is 10.5. The number of hydrogen-bond donors (Lipinski definition) is 3. The van der Waals surface area contributed by atoms with Gasteiger partial charge in [-0.1, -0.05) is 36.4 Å². The molecule has 3 fully saturated rings. The van der Waals surface area contributed by atoms with Crippen molar-refractivity contribution < 1.29 is 37.1 Å². The molecular weight excluding hydrogens is 426 g/mol. The van der Waals surface area contributed by atoms with Gasteiger partial charge in [0, 0.05) is 30.2 Å². The summed E-state index contributed by atoms with van der Waals surface area (Å²) >= 11 is 0. The van der Waals surface area contributed by atoms with E-state index in [4.69, 9.17) is 4.74 Å². The van der Waals surface area contributed by atoms with Crippen LogP contribution in [0, 0.1) is 5.92 Å². The Morgan fingerprint density at radius 2 is 1.91 bits per heavy atom. The van der Waals surface area contributed by atoms with Crippen LogP contribution in [0.15, 0.2) is 42.5 Å². The number of hydrogen-bond acceptors (Lipinski definition) is 4. The number of carbonyl (C=O) groups is 1. The minimum absolute atomic E-state index is 0. The highest BCUT2D eigenvalue weighted by Gasteiger charge is 2.76. The van der Waals surface area contributed by atoms with E-state index < -0.39 is 17.1 Å². The summed E-state index contributed by atoms with van der Waals surface area (Å²) in [6, 6.07) is 13.6. The number of nitrogens with one attached hydrogen (secondary N) is 1. The van der Waals surface area contributed by atoms with Gasteiger partial charge in [-0.15, -0.1) is 0 Å². The normalized spacial score (nSPS) is 38.5. The minimum Gasteiger partial charge on any atom is -1.00 e. The average Bonchev–Trinajstić information content (AvgIpc) is 3.51. The highest BCUT2D eigenvalue weighted by Crippen LogP contribution is 2.64. The lowest BCUT2D eigenvalue weighted by Crippen LogP contribution is -3.21. The van der Waals surface area contributed by atoms with Crippen LogP contribution in [0.1, 0.15) is 48.3 Å². The zero-order valence-corrected chi connectivity index (χ0v) is 18.6. The number of aromatic hydroxyl groups is 1. The van der Waals surface area contributed by atoms with E-state index in [0.29, 0.717) is 12.2 Å². The molecule has 5 aliphatic rings.